The van der Waals surface area contributed by atoms with E-state index in [2.05, 4.69) is 16.3 Å². The summed E-state index contributed by atoms with van der Waals surface area (Å²) in [5.41, 5.74) is 8.05. The van der Waals surface area contributed by atoms with Crippen molar-refractivity contribution < 1.29 is 4.74 Å². The van der Waals surface area contributed by atoms with Gasteiger partial charge in [0.05, 0.1) is 15.8 Å². The maximum absolute atomic E-state index is 9.40. The van der Waals surface area contributed by atoms with Gasteiger partial charge < -0.3 is 10.5 Å². The van der Waals surface area contributed by atoms with Crippen molar-refractivity contribution >= 4 is 22.9 Å². The molecule has 0 aromatic carbocycles. The molecule has 7 heteroatoms. The molecule has 1 aliphatic heterocycles. The van der Waals surface area contributed by atoms with E-state index in [1.807, 2.05) is 19.1 Å². The van der Waals surface area contributed by atoms with E-state index >= 15 is 0 Å². The van der Waals surface area contributed by atoms with Crippen molar-refractivity contribution in [2.45, 2.75) is 19.3 Å². The molecule has 0 aliphatic carbocycles. The summed E-state index contributed by atoms with van der Waals surface area (Å²) in [7, 11) is 0. The number of aromatic amines is 1. The van der Waals surface area contributed by atoms with Crippen LogP contribution in [0, 0.1) is 11.3 Å². The Morgan fingerprint density at radius 3 is 3.00 bits per heavy atom. The van der Waals surface area contributed by atoms with Crippen LogP contribution in [-0.2, 0) is 6.42 Å². The van der Waals surface area contributed by atoms with Crippen molar-refractivity contribution in [1.29, 1.82) is 5.26 Å². The molecule has 3 heterocycles. The first-order valence-electron chi connectivity index (χ1n) is 6.05. The number of nitrogens with one attached hydrogen (secondary N) is 1. The molecule has 20 heavy (non-hydrogen) atoms. The average Bonchev–Trinajstić information content (AvgIpc) is 3.03. The molecule has 2 aromatic rings. The van der Waals surface area contributed by atoms with Gasteiger partial charge in [-0.1, -0.05) is 18.5 Å². The smallest absolute Gasteiger partial charge is 0.244 e. The number of ether oxygens (including phenoxy) is 1. The van der Waals surface area contributed by atoms with E-state index in [0.717, 1.165) is 22.6 Å². The quantitative estimate of drug-likeness (QED) is 0.893. The topological polar surface area (TPSA) is 87.7 Å². The number of nitrogens with zero attached hydrogens (tertiary/aromatic N) is 2. The summed E-state index contributed by atoms with van der Waals surface area (Å²) in [6.45, 7) is 2.01. The highest BCUT2D eigenvalue weighted by Crippen LogP contribution is 2.45. The fourth-order valence-corrected chi connectivity index (χ4v) is 3.53. The zero-order valence-corrected chi connectivity index (χ0v) is 12.2. The Kier molecular flexibility index (Phi) is 3.16. The number of rotatable bonds is 2. The van der Waals surface area contributed by atoms with Crippen molar-refractivity contribution in [3.05, 3.63) is 44.1 Å². The molecule has 0 radical (unpaired) electrons. The fourth-order valence-electron chi connectivity index (χ4n) is 2.35. The Labute approximate surface area is 124 Å². The third-order valence-electron chi connectivity index (χ3n) is 3.25. The van der Waals surface area contributed by atoms with Gasteiger partial charge in [-0.2, -0.15) is 5.26 Å². The van der Waals surface area contributed by atoms with E-state index in [9.17, 15) is 5.26 Å². The number of nitriles is 1. The van der Waals surface area contributed by atoms with Crippen molar-refractivity contribution in [3.63, 3.8) is 0 Å². The van der Waals surface area contributed by atoms with E-state index in [0.29, 0.717) is 15.8 Å². The lowest BCUT2D eigenvalue weighted by Gasteiger charge is -2.22. The van der Waals surface area contributed by atoms with E-state index in [-0.39, 0.29) is 11.8 Å². The largest absolute Gasteiger partial charge is 0.420 e. The van der Waals surface area contributed by atoms with Gasteiger partial charge >= 0.3 is 0 Å². The second-order valence-corrected chi connectivity index (χ2v) is 6.09. The zero-order chi connectivity index (χ0) is 14.3. The summed E-state index contributed by atoms with van der Waals surface area (Å²) >= 11 is 7.44. The number of hydrogen-bond acceptors (Lipinski definition) is 5. The van der Waals surface area contributed by atoms with Crippen LogP contribution < -0.4 is 10.5 Å². The molecule has 0 bridgehead atoms. The minimum Gasteiger partial charge on any atom is -0.420 e. The van der Waals surface area contributed by atoms with Crippen LogP contribution in [0.25, 0.3) is 0 Å². The van der Waals surface area contributed by atoms with Crippen molar-refractivity contribution in [3.8, 4) is 11.9 Å². The van der Waals surface area contributed by atoms with Gasteiger partial charge in [0.1, 0.15) is 11.6 Å². The highest BCUT2D eigenvalue weighted by atomic mass is 35.5. The number of aromatic nitrogens is 2. The Morgan fingerprint density at radius 2 is 2.40 bits per heavy atom. The molecule has 3 rings (SSSR count). The maximum Gasteiger partial charge on any atom is 0.244 e. The minimum atomic E-state index is -0.269. The second kappa shape index (κ2) is 4.85. The lowest BCUT2D eigenvalue weighted by atomic mass is 9.88. The number of nitrogens with two attached hydrogens (primary N) is 1. The SMILES string of the molecule is CCc1[nH]nc2c1[C@@H](c1ccc(Cl)s1)C(C#N)=C(N)O2. The van der Waals surface area contributed by atoms with Crippen LogP contribution in [0.5, 0.6) is 5.88 Å². The molecule has 0 saturated heterocycles. The van der Waals surface area contributed by atoms with Crippen LogP contribution >= 0.6 is 22.9 Å². The molecule has 0 fully saturated rings. The third-order valence-corrected chi connectivity index (χ3v) is 4.55. The fraction of sp³-hybridized carbons (Fsp3) is 0.231. The summed E-state index contributed by atoms with van der Waals surface area (Å²) < 4.78 is 6.11. The van der Waals surface area contributed by atoms with Crippen molar-refractivity contribution in [2.75, 3.05) is 0 Å². The summed E-state index contributed by atoms with van der Waals surface area (Å²) in [5, 5.41) is 16.5. The number of halogens is 1. The van der Waals surface area contributed by atoms with Gasteiger partial charge in [0.15, 0.2) is 0 Å². The molecule has 1 atom stereocenters. The van der Waals surface area contributed by atoms with Gasteiger partial charge in [-0.05, 0) is 18.6 Å². The highest BCUT2D eigenvalue weighted by Gasteiger charge is 2.35. The standard InChI is InChI=1S/C13H11ClN4OS/c1-2-7-11-10(8-3-4-9(14)20-8)6(5-15)12(16)19-13(11)18-17-7/h3-4,10H,2,16H2,1H3,(H,17,18)/t10-/m1/s1. The van der Waals surface area contributed by atoms with E-state index in [4.69, 9.17) is 22.1 Å². The molecular formula is C13H11ClN4OS. The lowest BCUT2D eigenvalue weighted by molar-refractivity contribution is 0.379. The van der Waals surface area contributed by atoms with Crippen molar-refractivity contribution in [2.24, 2.45) is 5.73 Å². The molecule has 0 unspecified atom stereocenters. The molecule has 1 aliphatic rings. The van der Waals surface area contributed by atoms with Gasteiger partial charge in [-0.15, -0.1) is 16.4 Å². The molecule has 3 N–H and O–H groups in total. The first-order chi connectivity index (χ1) is 9.65. The van der Waals surface area contributed by atoms with E-state index < -0.39 is 0 Å². The normalized spacial score (nSPS) is 17.6. The van der Waals surface area contributed by atoms with Crippen molar-refractivity contribution in [1.82, 2.24) is 10.2 Å². The summed E-state index contributed by atoms with van der Waals surface area (Å²) in [4.78, 5) is 0.954. The second-order valence-electron chi connectivity index (χ2n) is 4.34. The van der Waals surface area contributed by atoms with Crippen LogP contribution in [0.4, 0.5) is 0 Å². The predicted octanol–water partition coefficient (Wildman–Crippen LogP) is 2.91. The molecule has 0 saturated carbocycles. The summed E-state index contributed by atoms with van der Waals surface area (Å²) in [5.74, 6) is 0.270. The van der Waals surface area contributed by atoms with Gasteiger partial charge in [-0.3, -0.25) is 5.10 Å². The monoisotopic (exact) mass is 306 g/mol. The zero-order valence-electron chi connectivity index (χ0n) is 10.6. The van der Waals surface area contributed by atoms with Crippen LogP contribution in [0.1, 0.15) is 29.0 Å². The minimum absolute atomic E-state index is 0.101. The predicted molar refractivity (Wildman–Crippen MR) is 76.6 cm³/mol. The lowest BCUT2D eigenvalue weighted by Crippen LogP contribution is -2.20. The number of H-pyrrole nitrogens is 1. The Hall–Kier alpha value is -1.97. The molecular weight excluding hydrogens is 296 g/mol. The summed E-state index contributed by atoms with van der Waals surface area (Å²) in [6.07, 6.45) is 0.764. The number of fused-ring (bicyclic) bond motifs is 1. The first-order valence-corrected chi connectivity index (χ1v) is 7.25. The van der Waals surface area contributed by atoms with Gasteiger partial charge in [0.25, 0.3) is 0 Å². The number of aryl methyl sites for hydroxylation is 1. The van der Waals surface area contributed by atoms with Gasteiger partial charge in [0, 0.05) is 10.6 Å². The summed E-state index contributed by atoms with van der Waals surface area (Å²) in [6, 6.07) is 5.86. The molecule has 2 aromatic heterocycles. The molecule has 102 valence electrons. The van der Waals surface area contributed by atoms with Gasteiger partial charge in [-0.25, -0.2) is 0 Å². The molecule has 0 amide bonds. The van der Waals surface area contributed by atoms with Crippen LogP contribution in [0.15, 0.2) is 23.6 Å². The Morgan fingerprint density at radius 1 is 1.60 bits per heavy atom. The maximum atomic E-state index is 9.40. The number of hydrogen-bond donors (Lipinski definition) is 2. The van der Waals surface area contributed by atoms with E-state index in [1.54, 1.807) is 0 Å². The van der Waals surface area contributed by atoms with Crippen LogP contribution in [0.2, 0.25) is 4.34 Å². The molecule has 0 spiro atoms. The Balaban J connectivity index is 2.23. The van der Waals surface area contributed by atoms with E-state index in [1.165, 1.54) is 11.3 Å². The first kappa shape index (κ1) is 13.0. The number of allylic oxidation sites excluding steroid dienone is 1. The average molecular weight is 307 g/mol. The third kappa shape index (κ3) is 1.87. The highest BCUT2D eigenvalue weighted by molar-refractivity contribution is 7.16. The number of thiophene rings is 1. The van der Waals surface area contributed by atoms with Crippen LogP contribution in [-0.4, -0.2) is 10.2 Å². The molecule has 5 nitrogen and oxygen atoms in total. The van der Waals surface area contributed by atoms with Crippen LogP contribution in [0.3, 0.4) is 0 Å². The van der Waals surface area contributed by atoms with Gasteiger partial charge in [0.2, 0.25) is 11.8 Å². The Bertz CT molecular complexity index is 740.